The van der Waals surface area contributed by atoms with Crippen LogP contribution in [0, 0.1) is 5.92 Å². The smallest absolute Gasteiger partial charge is 0.0431 e. The molecule has 1 heteroatoms. The average Bonchev–Trinajstić information content (AvgIpc) is 2.36. The second-order valence-electron chi connectivity index (χ2n) is 5.38. The number of unbranched alkanes of at least 4 members (excludes halogenated alkanes) is 8. The highest BCUT2D eigenvalue weighted by Crippen LogP contribution is 2.17. The maximum Gasteiger partial charge on any atom is 0.0431 e. The SMILES string of the molecule is CCC(CC)CCCCCCCCCCCO. The van der Waals surface area contributed by atoms with E-state index < -0.39 is 0 Å². The molecule has 0 aromatic rings. The monoisotopic (exact) mass is 242 g/mol. The molecule has 0 bridgehead atoms. The molecule has 0 fully saturated rings. The van der Waals surface area contributed by atoms with Gasteiger partial charge < -0.3 is 5.11 Å². The van der Waals surface area contributed by atoms with Crippen molar-refractivity contribution in [1.82, 2.24) is 0 Å². The number of aliphatic hydroxyl groups excluding tert-OH is 1. The summed E-state index contributed by atoms with van der Waals surface area (Å²) in [5.74, 6) is 0.980. The van der Waals surface area contributed by atoms with Gasteiger partial charge in [0.05, 0.1) is 0 Å². The van der Waals surface area contributed by atoms with Crippen molar-refractivity contribution in [1.29, 1.82) is 0 Å². The van der Waals surface area contributed by atoms with E-state index in [0.29, 0.717) is 6.61 Å². The van der Waals surface area contributed by atoms with Gasteiger partial charge in [0, 0.05) is 6.61 Å². The van der Waals surface area contributed by atoms with E-state index in [9.17, 15) is 0 Å². The van der Waals surface area contributed by atoms with Crippen molar-refractivity contribution in [3.8, 4) is 0 Å². The van der Waals surface area contributed by atoms with Crippen LogP contribution in [0.4, 0.5) is 0 Å². The van der Waals surface area contributed by atoms with Crippen LogP contribution >= 0.6 is 0 Å². The number of rotatable bonds is 13. The molecule has 0 unspecified atom stereocenters. The summed E-state index contributed by atoms with van der Waals surface area (Å²) in [5, 5.41) is 8.65. The lowest BCUT2D eigenvalue weighted by molar-refractivity contribution is 0.282. The van der Waals surface area contributed by atoms with Crippen LogP contribution < -0.4 is 0 Å². The minimum atomic E-state index is 0.371. The molecule has 0 radical (unpaired) electrons. The van der Waals surface area contributed by atoms with Gasteiger partial charge in [0.1, 0.15) is 0 Å². The second-order valence-corrected chi connectivity index (χ2v) is 5.38. The van der Waals surface area contributed by atoms with E-state index in [-0.39, 0.29) is 0 Å². The summed E-state index contributed by atoms with van der Waals surface area (Å²) in [5.41, 5.74) is 0. The third kappa shape index (κ3) is 12.2. The van der Waals surface area contributed by atoms with E-state index in [4.69, 9.17) is 5.11 Å². The quantitative estimate of drug-likeness (QED) is 0.434. The predicted molar refractivity (Wildman–Crippen MR) is 77.3 cm³/mol. The topological polar surface area (TPSA) is 20.2 Å². The zero-order valence-electron chi connectivity index (χ0n) is 12.2. The largest absolute Gasteiger partial charge is 0.396 e. The molecule has 0 heterocycles. The van der Waals surface area contributed by atoms with Gasteiger partial charge >= 0.3 is 0 Å². The molecular formula is C16H34O. The summed E-state index contributed by atoms with van der Waals surface area (Å²) >= 11 is 0. The van der Waals surface area contributed by atoms with E-state index in [1.165, 1.54) is 70.6 Å². The molecule has 0 aliphatic rings. The third-order valence-corrected chi connectivity index (χ3v) is 3.93. The Kier molecular flexibility index (Phi) is 14.0. The highest BCUT2D eigenvalue weighted by molar-refractivity contribution is 4.55. The standard InChI is InChI=1S/C16H34O/c1-3-16(4-2)14-12-10-8-6-5-7-9-11-13-15-17/h16-17H,3-15H2,1-2H3. The second kappa shape index (κ2) is 14.0. The first kappa shape index (κ1) is 17.0. The van der Waals surface area contributed by atoms with Crippen LogP contribution in [0.25, 0.3) is 0 Å². The van der Waals surface area contributed by atoms with Crippen molar-refractivity contribution >= 4 is 0 Å². The summed E-state index contributed by atoms with van der Waals surface area (Å²) in [6.07, 6.45) is 16.2. The average molecular weight is 242 g/mol. The molecule has 0 aliphatic carbocycles. The molecule has 0 aromatic heterocycles. The minimum absolute atomic E-state index is 0.371. The van der Waals surface area contributed by atoms with Crippen molar-refractivity contribution in [2.24, 2.45) is 5.92 Å². The molecule has 17 heavy (non-hydrogen) atoms. The van der Waals surface area contributed by atoms with E-state index in [2.05, 4.69) is 13.8 Å². The van der Waals surface area contributed by atoms with Crippen LogP contribution in [0.5, 0.6) is 0 Å². The molecule has 0 aliphatic heterocycles. The van der Waals surface area contributed by atoms with Gasteiger partial charge in [0.15, 0.2) is 0 Å². The number of aliphatic hydroxyl groups is 1. The Morgan fingerprint density at radius 2 is 1.06 bits per heavy atom. The number of hydrogen-bond donors (Lipinski definition) is 1. The molecule has 104 valence electrons. The molecule has 0 spiro atoms. The maximum atomic E-state index is 8.65. The van der Waals surface area contributed by atoms with Gasteiger partial charge in [-0.3, -0.25) is 0 Å². The molecule has 1 nitrogen and oxygen atoms in total. The lowest BCUT2D eigenvalue weighted by Crippen LogP contribution is -1.96. The fraction of sp³-hybridized carbons (Fsp3) is 1.00. The summed E-state index contributed by atoms with van der Waals surface area (Å²) < 4.78 is 0. The molecule has 0 rings (SSSR count). The van der Waals surface area contributed by atoms with Crippen LogP contribution in [0.1, 0.15) is 90.9 Å². The van der Waals surface area contributed by atoms with Crippen LogP contribution in [-0.2, 0) is 0 Å². The molecule has 0 amide bonds. The zero-order valence-corrected chi connectivity index (χ0v) is 12.2. The van der Waals surface area contributed by atoms with E-state index >= 15 is 0 Å². The van der Waals surface area contributed by atoms with Crippen LogP contribution in [0.15, 0.2) is 0 Å². The maximum absolute atomic E-state index is 8.65. The van der Waals surface area contributed by atoms with Crippen molar-refractivity contribution in [3.05, 3.63) is 0 Å². The lowest BCUT2D eigenvalue weighted by atomic mass is 9.95. The zero-order chi connectivity index (χ0) is 12.8. The van der Waals surface area contributed by atoms with Crippen molar-refractivity contribution < 1.29 is 5.11 Å². The fourth-order valence-electron chi connectivity index (χ4n) is 2.48. The van der Waals surface area contributed by atoms with Gasteiger partial charge in [-0.25, -0.2) is 0 Å². The molecule has 1 N–H and O–H groups in total. The number of hydrogen-bond acceptors (Lipinski definition) is 1. The first-order valence-electron chi connectivity index (χ1n) is 7.96. The fourth-order valence-corrected chi connectivity index (χ4v) is 2.48. The molecule has 0 saturated carbocycles. The summed E-state index contributed by atoms with van der Waals surface area (Å²) in [6, 6.07) is 0. The van der Waals surface area contributed by atoms with E-state index in [0.717, 1.165) is 12.3 Å². The van der Waals surface area contributed by atoms with Gasteiger partial charge in [0.2, 0.25) is 0 Å². The molecular weight excluding hydrogens is 208 g/mol. The van der Waals surface area contributed by atoms with Crippen LogP contribution in [-0.4, -0.2) is 11.7 Å². The Morgan fingerprint density at radius 1 is 0.647 bits per heavy atom. The van der Waals surface area contributed by atoms with Crippen molar-refractivity contribution in [3.63, 3.8) is 0 Å². The normalized spacial score (nSPS) is 11.3. The van der Waals surface area contributed by atoms with E-state index in [1.54, 1.807) is 0 Å². The van der Waals surface area contributed by atoms with E-state index in [1.807, 2.05) is 0 Å². The summed E-state index contributed by atoms with van der Waals surface area (Å²) in [7, 11) is 0. The summed E-state index contributed by atoms with van der Waals surface area (Å²) in [6.45, 7) is 5.01. The molecule has 0 aromatic carbocycles. The first-order chi connectivity index (χ1) is 8.35. The summed E-state index contributed by atoms with van der Waals surface area (Å²) in [4.78, 5) is 0. The first-order valence-corrected chi connectivity index (χ1v) is 7.96. The Balaban J connectivity index is 3.03. The van der Waals surface area contributed by atoms with Gasteiger partial charge in [-0.15, -0.1) is 0 Å². The predicted octanol–water partition coefficient (Wildman–Crippen LogP) is 5.32. The Bertz CT molecular complexity index is 129. The van der Waals surface area contributed by atoms with Gasteiger partial charge in [-0.1, -0.05) is 84.5 Å². The minimum Gasteiger partial charge on any atom is -0.396 e. The Morgan fingerprint density at radius 3 is 1.47 bits per heavy atom. The third-order valence-electron chi connectivity index (χ3n) is 3.93. The molecule has 0 saturated heterocycles. The van der Waals surface area contributed by atoms with Crippen molar-refractivity contribution in [2.75, 3.05) is 6.61 Å². The highest BCUT2D eigenvalue weighted by atomic mass is 16.2. The lowest BCUT2D eigenvalue weighted by Gasteiger charge is -2.11. The highest BCUT2D eigenvalue weighted by Gasteiger charge is 2.02. The van der Waals surface area contributed by atoms with Crippen LogP contribution in [0.3, 0.4) is 0 Å². The van der Waals surface area contributed by atoms with Gasteiger partial charge in [0.25, 0.3) is 0 Å². The van der Waals surface area contributed by atoms with Gasteiger partial charge in [-0.2, -0.15) is 0 Å². The van der Waals surface area contributed by atoms with Gasteiger partial charge in [-0.05, 0) is 12.3 Å². The van der Waals surface area contributed by atoms with Crippen molar-refractivity contribution in [2.45, 2.75) is 90.9 Å². The molecule has 0 atom stereocenters. The Hall–Kier alpha value is -0.0400. The Labute approximate surface area is 109 Å². The van der Waals surface area contributed by atoms with Crippen LogP contribution in [0.2, 0.25) is 0 Å².